The van der Waals surface area contributed by atoms with Gasteiger partial charge in [-0.15, -0.1) is 0 Å². The van der Waals surface area contributed by atoms with Crippen molar-refractivity contribution in [1.82, 2.24) is 0 Å². The van der Waals surface area contributed by atoms with Crippen molar-refractivity contribution in [2.24, 2.45) is 17.8 Å². The summed E-state index contributed by atoms with van der Waals surface area (Å²) in [6, 6.07) is 6.70. The van der Waals surface area contributed by atoms with Gasteiger partial charge in [0.05, 0.1) is 18.2 Å². The third-order valence-corrected chi connectivity index (χ3v) is 4.20. The molecule has 2 unspecified atom stereocenters. The first-order valence-electron chi connectivity index (χ1n) is 6.94. The summed E-state index contributed by atoms with van der Waals surface area (Å²) in [6.45, 7) is 0. The first-order valence-corrected chi connectivity index (χ1v) is 6.94. The van der Waals surface area contributed by atoms with Crippen LogP contribution in [0.2, 0.25) is 0 Å². The van der Waals surface area contributed by atoms with Gasteiger partial charge in [-0.05, 0) is 37.0 Å². The summed E-state index contributed by atoms with van der Waals surface area (Å²) in [5.41, 5.74) is 0. The Morgan fingerprint density at radius 2 is 1.17 bits per heavy atom. The highest BCUT2D eigenvalue weighted by atomic mass is 14.4. The molecule has 3 heteroatoms. The van der Waals surface area contributed by atoms with E-state index in [1.807, 2.05) is 0 Å². The third-order valence-electron chi connectivity index (χ3n) is 4.20. The Hall–Kier alpha value is -1.53. The van der Waals surface area contributed by atoms with E-state index in [0.29, 0.717) is 37.0 Å². The van der Waals surface area contributed by atoms with Crippen molar-refractivity contribution < 1.29 is 0 Å². The quantitative estimate of drug-likeness (QED) is 0.709. The Kier molecular flexibility index (Phi) is 6.90. The van der Waals surface area contributed by atoms with Gasteiger partial charge in [0.15, 0.2) is 0 Å². The summed E-state index contributed by atoms with van der Waals surface area (Å²) >= 11 is 0. The molecule has 1 saturated carbocycles. The Morgan fingerprint density at radius 1 is 0.722 bits per heavy atom. The van der Waals surface area contributed by atoms with E-state index in [4.69, 9.17) is 15.8 Å². The van der Waals surface area contributed by atoms with E-state index < -0.39 is 0 Å². The van der Waals surface area contributed by atoms with Gasteiger partial charge in [0, 0.05) is 19.3 Å². The highest BCUT2D eigenvalue weighted by molar-refractivity contribution is 4.88. The minimum atomic E-state index is 0.556. The van der Waals surface area contributed by atoms with Gasteiger partial charge in [0.25, 0.3) is 0 Å². The van der Waals surface area contributed by atoms with Crippen LogP contribution in [0.4, 0.5) is 0 Å². The molecule has 1 rings (SSSR count). The van der Waals surface area contributed by atoms with E-state index in [-0.39, 0.29) is 0 Å². The predicted octanol–water partition coefficient (Wildman–Crippen LogP) is 3.93. The van der Waals surface area contributed by atoms with E-state index in [9.17, 15) is 0 Å². The monoisotopic (exact) mass is 243 g/mol. The van der Waals surface area contributed by atoms with Gasteiger partial charge in [-0.1, -0.05) is 19.3 Å². The molecule has 0 aliphatic heterocycles. The summed E-state index contributed by atoms with van der Waals surface area (Å²) in [4.78, 5) is 0. The molecule has 0 aromatic rings. The van der Waals surface area contributed by atoms with E-state index in [0.717, 1.165) is 19.3 Å². The third kappa shape index (κ3) is 4.38. The van der Waals surface area contributed by atoms with Gasteiger partial charge < -0.3 is 0 Å². The number of nitrogens with zero attached hydrogens (tertiary/aromatic N) is 3. The first-order chi connectivity index (χ1) is 8.83. The largest absolute Gasteiger partial charge is 0.198 e. The smallest absolute Gasteiger partial charge is 0.0621 e. The van der Waals surface area contributed by atoms with Crippen LogP contribution in [0.15, 0.2) is 0 Å². The van der Waals surface area contributed by atoms with Crippen LogP contribution in [0.25, 0.3) is 0 Å². The molecule has 3 nitrogen and oxygen atoms in total. The Bertz CT molecular complexity index is 329. The molecule has 0 heterocycles. The van der Waals surface area contributed by atoms with Crippen molar-refractivity contribution in [1.29, 1.82) is 15.8 Å². The van der Waals surface area contributed by atoms with Crippen molar-refractivity contribution in [2.45, 2.75) is 57.8 Å². The molecule has 1 fully saturated rings. The van der Waals surface area contributed by atoms with Crippen LogP contribution >= 0.6 is 0 Å². The van der Waals surface area contributed by atoms with E-state index >= 15 is 0 Å². The molecule has 0 radical (unpaired) electrons. The molecule has 18 heavy (non-hydrogen) atoms. The summed E-state index contributed by atoms with van der Waals surface area (Å²) in [7, 11) is 0. The molecule has 0 saturated heterocycles. The molecule has 0 bridgehead atoms. The average molecular weight is 243 g/mol. The molecule has 96 valence electrons. The molecule has 2 atom stereocenters. The number of nitriles is 3. The van der Waals surface area contributed by atoms with Crippen molar-refractivity contribution in [3.63, 3.8) is 0 Å². The van der Waals surface area contributed by atoms with Crippen LogP contribution in [0.1, 0.15) is 57.8 Å². The Balaban J connectivity index is 2.61. The van der Waals surface area contributed by atoms with Crippen molar-refractivity contribution in [2.75, 3.05) is 0 Å². The maximum atomic E-state index is 8.77. The normalized spacial score (nSPS) is 26.8. The zero-order chi connectivity index (χ0) is 13.2. The van der Waals surface area contributed by atoms with Crippen LogP contribution < -0.4 is 0 Å². The van der Waals surface area contributed by atoms with Crippen LogP contribution in [0.5, 0.6) is 0 Å². The molecule has 0 aromatic heterocycles. The lowest BCUT2D eigenvalue weighted by Gasteiger charge is -2.38. The highest BCUT2D eigenvalue weighted by Gasteiger charge is 2.32. The molecule has 0 N–H and O–H groups in total. The summed E-state index contributed by atoms with van der Waals surface area (Å²) in [6.07, 6.45) is 8.35. The lowest BCUT2D eigenvalue weighted by Crippen LogP contribution is -2.28. The topological polar surface area (TPSA) is 71.4 Å². The molecule has 0 amide bonds. The van der Waals surface area contributed by atoms with Gasteiger partial charge >= 0.3 is 0 Å². The zero-order valence-corrected chi connectivity index (χ0v) is 10.9. The molecular formula is C15H21N3. The standard InChI is InChI=1S/C15H21N3/c16-10-2-7-13-5-1-6-14(8-3-11-17)15(13)9-4-12-18/h13-15H,1-9H2. The summed E-state index contributed by atoms with van der Waals surface area (Å²) < 4.78 is 0. The van der Waals surface area contributed by atoms with Gasteiger partial charge in [-0.25, -0.2) is 0 Å². The average Bonchev–Trinajstić information content (AvgIpc) is 2.41. The molecular weight excluding hydrogens is 222 g/mol. The minimum Gasteiger partial charge on any atom is -0.198 e. The second-order valence-electron chi connectivity index (χ2n) is 5.21. The second-order valence-corrected chi connectivity index (χ2v) is 5.21. The number of hydrogen-bond donors (Lipinski definition) is 0. The predicted molar refractivity (Wildman–Crippen MR) is 68.9 cm³/mol. The fourth-order valence-electron chi connectivity index (χ4n) is 3.37. The summed E-state index contributed by atoms with van der Waals surface area (Å²) in [5.74, 6) is 1.74. The fourth-order valence-corrected chi connectivity index (χ4v) is 3.37. The SMILES string of the molecule is N#CCCC1CCCC(CCC#N)C1CCC#N. The molecule has 1 aliphatic rings. The van der Waals surface area contributed by atoms with Crippen LogP contribution in [-0.2, 0) is 0 Å². The second kappa shape index (κ2) is 8.54. The van der Waals surface area contributed by atoms with E-state index in [2.05, 4.69) is 18.2 Å². The van der Waals surface area contributed by atoms with Gasteiger partial charge in [-0.2, -0.15) is 15.8 Å². The molecule has 1 aliphatic carbocycles. The zero-order valence-electron chi connectivity index (χ0n) is 10.9. The maximum Gasteiger partial charge on any atom is 0.0621 e. The van der Waals surface area contributed by atoms with Crippen molar-refractivity contribution >= 4 is 0 Å². The van der Waals surface area contributed by atoms with Crippen LogP contribution in [-0.4, -0.2) is 0 Å². The van der Waals surface area contributed by atoms with Gasteiger partial charge in [0.1, 0.15) is 0 Å². The van der Waals surface area contributed by atoms with Crippen molar-refractivity contribution in [3.05, 3.63) is 0 Å². The van der Waals surface area contributed by atoms with Crippen molar-refractivity contribution in [3.8, 4) is 18.2 Å². The number of rotatable bonds is 6. The summed E-state index contributed by atoms with van der Waals surface area (Å²) in [5, 5.41) is 26.2. The molecule has 0 aromatic carbocycles. The van der Waals surface area contributed by atoms with E-state index in [1.54, 1.807) is 0 Å². The Morgan fingerprint density at radius 3 is 1.61 bits per heavy atom. The highest BCUT2D eigenvalue weighted by Crippen LogP contribution is 2.42. The van der Waals surface area contributed by atoms with E-state index in [1.165, 1.54) is 19.3 Å². The maximum absolute atomic E-state index is 8.77. The number of hydrogen-bond acceptors (Lipinski definition) is 3. The lowest BCUT2D eigenvalue weighted by atomic mass is 9.67. The Labute approximate surface area is 110 Å². The van der Waals surface area contributed by atoms with Gasteiger partial charge in [-0.3, -0.25) is 0 Å². The van der Waals surface area contributed by atoms with Crippen LogP contribution in [0, 0.1) is 51.7 Å². The molecule has 0 spiro atoms. The minimum absolute atomic E-state index is 0.556. The fraction of sp³-hybridized carbons (Fsp3) is 0.800. The lowest BCUT2D eigenvalue weighted by molar-refractivity contribution is 0.130. The van der Waals surface area contributed by atoms with Crippen LogP contribution in [0.3, 0.4) is 0 Å². The first kappa shape index (κ1) is 14.5. The van der Waals surface area contributed by atoms with Gasteiger partial charge in [0.2, 0.25) is 0 Å².